The quantitative estimate of drug-likeness (QED) is 0.582. The topological polar surface area (TPSA) is 91.9 Å². The Balaban J connectivity index is 1.47. The second-order valence-corrected chi connectivity index (χ2v) is 8.04. The fourth-order valence-electron chi connectivity index (χ4n) is 3.85. The molecule has 1 saturated heterocycles. The van der Waals surface area contributed by atoms with E-state index in [0.29, 0.717) is 46.1 Å². The number of benzene rings is 1. The van der Waals surface area contributed by atoms with Crippen molar-refractivity contribution in [3.8, 4) is 17.0 Å². The van der Waals surface area contributed by atoms with Gasteiger partial charge in [-0.25, -0.2) is 14.4 Å². The SMILES string of the molecule is O=C(NC1CCNCC1)c1c[nH]c2c(-c3cc(F)ccc3OCC3CC3)ncnc12. The van der Waals surface area contributed by atoms with Gasteiger partial charge in [-0.05, 0) is 62.9 Å². The Hall–Kier alpha value is -3.00. The van der Waals surface area contributed by atoms with Crippen LogP contribution in [-0.2, 0) is 0 Å². The van der Waals surface area contributed by atoms with E-state index < -0.39 is 0 Å². The minimum Gasteiger partial charge on any atom is -0.493 e. The van der Waals surface area contributed by atoms with Gasteiger partial charge < -0.3 is 20.4 Å². The van der Waals surface area contributed by atoms with Crippen molar-refractivity contribution in [1.29, 1.82) is 0 Å². The standard InChI is InChI=1S/C22H24FN5O2/c23-14-3-4-18(30-11-13-1-2-13)16(9-14)19-21-20(27-12-26-19)17(10-25-21)22(29)28-15-5-7-24-8-6-15/h3-4,9-10,12-13,15,24-25H,1-2,5-8,11H2,(H,28,29). The predicted molar refractivity (Wildman–Crippen MR) is 111 cm³/mol. The smallest absolute Gasteiger partial charge is 0.255 e. The van der Waals surface area contributed by atoms with Crippen molar-refractivity contribution in [3.63, 3.8) is 0 Å². The first kappa shape index (κ1) is 19.0. The highest BCUT2D eigenvalue weighted by atomic mass is 19.1. The van der Waals surface area contributed by atoms with Gasteiger partial charge in [0.1, 0.15) is 29.1 Å². The van der Waals surface area contributed by atoms with Crippen LogP contribution in [0.5, 0.6) is 5.75 Å². The molecule has 1 amide bonds. The van der Waals surface area contributed by atoms with Gasteiger partial charge in [-0.2, -0.15) is 0 Å². The number of fused-ring (bicyclic) bond motifs is 1. The molecule has 0 bridgehead atoms. The summed E-state index contributed by atoms with van der Waals surface area (Å²) in [6.07, 6.45) is 7.19. The molecule has 1 saturated carbocycles. The number of amides is 1. The summed E-state index contributed by atoms with van der Waals surface area (Å²) in [5.74, 6) is 0.621. The molecule has 0 spiro atoms. The maximum Gasteiger partial charge on any atom is 0.255 e. The normalized spacial score (nSPS) is 17.2. The number of hydrogen-bond donors (Lipinski definition) is 3. The van der Waals surface area contributed by atoms with E-state index in [0.717, 1.165) is 25.9 Å². The number of aromatic nitrogens is 3. The molecule has 1 aliphatic heterocycles. The molecule has 2 aromatic heterocycles. The zero-order chi connectivity index (χ0) is 20.5. The molecule has 3 heterocycles. The number of aromatic amines is 1. The van der Waals surface area contributed by atoms with Crippen molar-refractivity contribution in [3.05, 3.63) is 42.1 Å². The second kappa shape index (κ2) is 8.02. The summed E-state index contributed by atoms with van der Waals surface area (Å²) in [4.78, 5) is 24.7. The summed E-state index contributed by atoms with van der Waals surface area (Å²) in [5.41, 5.74) is 2.64. The van der Waals surface area contributed by atoms with Gasteiger partial charge in [0.05, 0.1) is 17.7 Å². The van der Waals surface area contributed by atoms with Crippen LogP contribution in [0.3, 0.4) is 0 Å². The zero-order valence-corrected chi connectivity index (χ0v) is 16.6. The monoisotopic (exact) mass is 409 g/mol. The van der Waals surface area contributed by atoms with Crippen LogP contribution >= 0.6 is 0 Å². The van der Waals surface area contributed by atoms with E-state index in [1.807, 2.05) is 0 Å². The number of hydrogen-bond acceptors (Lipinski definition) is 5. The summed E-state index contributed by atoms with van der Waals surface area (Å²) in [6.45, 7) is 2.41. The number of carbonyl (C=O) groups is 1. The van der Waals surface area contributed by atoms with Crippen LogP contribution in [0, 0.1) is 11.7 Å². The summed E-state index contributed by atoms with van der Waals surface area (Å²) >= 11 is 0. The maximum atomic E-state index is 14.1. The zero-order valence-electron chi connectivity index (χ0n) is 16.6. The Labute approximate surface area is 173 Å². The van der Waals surface area contributed by atoms with Gasteiger partial charge in [0.25, 0.3) is 5.91 Å². The van der Waals surface area contributed by atoms with Gasteiger partial charge in [0.15, 0.2) is 0 Å². The lowest BCUT2D eigenvalue weighted by atomic mass is 10.1. The van der Waals surface area contributed by atoms with Gasteiger partial charge in [0.2, 0.25) is 0 Å². The number of halogens is 1. The second-order valence-electron chi connectivity index (χ2n) is 8.04. The lowest BCUT2D eigenvalue weighted by molar-refractivity contribution is 0.0931. The molecule has 2 aliphatic rings. The van der Waals surface area contributed by atoms with E-state index in [2.05, 4.69) is 25.6 Å². The number of piperidine rings is 1. The van der Waals surface area contributed by atoms with Crippen LogP contribution < -0.4 is 15.4 Å². The summed E-state index contributed by atoms with van der Waals surface area (Å²) < 4.78 is 20.0. The van der Waals surface area contributed by atoms with E-state index in [9.17, 15) is 9.18 Å². The Morgan fingerprint density at radius 2 is 2.03 bits per heavy atom. The molecule has 1 aromatic carbocycles. The van der Waals surface area contributed by atoms with Gasteiger partial charge >= 0.3 is 0 Å². The summed E-state index contributed by atoms with van der Waals surface area (Å²) in [5, 5.41) is 6.38. The first-order valence-corrected chi connectivity index (χ1v) is 10.5. The number of nitrogens with zero attached hydrogens (tertiary/aromatic N) is 2. The molecule has 0 radical (unpaired) electrons. The molecule has 1 aliphatic carbocycles. The third-order valence-electron chi connectivity index (χ3n) is 5.75. The van der Waals surface area contributed by atoms with Crippen LogP contribution in [0.15, 0.2) is 30.7 Å². The van der Waals surface area contributed by atoms with E-state index >= 15 is 0 Å². The van der Waals surface area contributed by atoms with Crippen LogP contribution in [0.1, 0.15) is 36.0 Å². The molecule has 0 atom stereocenters. The van der Waals surface area contributed by atoms with Crippen molar-refractivity contribution in [1.82, 2.24) is 25.6 Å². The Morgan fingerprint density at radius 3 is 2.83 bits per heavy atom. The highest BCUT2D eigenvalue weighted by Crippen LogP contribution is 2.36. The van der Waals surface area contributed by atoms with E-state index in [-0.39, 0.29) is 17.8 Å². The minimum atomic E-state index is -0.369. The fraction of sp³-hybridized carbons (Fsp3) is 0.409. The largest absolute Gasteiger partial charge is 0.493 e. The number of ether oxygens (including phenoxy) is 1. The molecule has 156 valence electrons. The van der Waals surface area contributed by atoms with Crippen LogP contribution in [0.25, 0.3) is 22.3 Å². The molecule has 8 heteroatoms. The van der Waals surface area contributed by atoms with E-state index in [1.165, 1.54) is 31.3 Å². The van der Waals surface area contributed by atoms with Gasteiger partial charge in [-0.1, -0.05) is 0 Å². The van der Waals surface area contributed by atoms with Gasteiger partial charge in [-0.3, -0.25) is 4.79 Å². The lowest BCUT2D eigenvalue weighted by Crippen LogP contribution is -2.42. The van der Waals surface area contributed by atoms with Crippen LogP contribution in [0.4, 0.5) is 4.39 Å². The highest BCUT2D eigenvalue weighted by molar-refractivity contribution is 6.07. The first-order valence-electron chi connectivity index (χ1n) is 10.5. The number of carbonyl (C=O) groups excluding carboxylic acids is 1. The van der Waals surface area contributed by atoms with E-state index in [1.54, 1.807) is 12.3 Å². The van der Waals surface area contributed by atoms with E-state index in [4.69, 9.17) is 4.74 Å². The molecular formula is C22H24FN5O2. The van der Waals surface area contributed by atoms with Gasteiger partial charge in [-0.15, -0.1) is 0 Å². The Kier molecular flexibility index (Phi) is 5.08. The lowest BCUT2D eigenvalue weighted by Gasteiger charge is -2.23. The molecule has 5 rings (SSSR count). The van der Waals surface area contributed by atoms with Crippen molar-refractivity contribution in [2.45, 2.75) is 31.7 Å². The third kappa shape index (κ3) is 3.87. The maximum absolute atomic E-state index is 14.1. The molecule has 7 nitrogen and oxygen atoms in total. The Bertz CT molecular complexity index is 1070. The number of nitrogens with one attached hydrogen (secondary N) is 3. The molecule has 3 N–H and O–H groups in total. The average molecular weight is 409 g/mol. The Morgan fingerprint density at radius 1 is 1.20 bits per heavy atom. The van der Waals surface area contributed by atoms with Crippen molar-refractivity contribution < 1.29 is 13.9 Å². The van der Waals surface area contributed by atoms with Crippen molar-refractivity contribution in [2.75, 3.05) is 19.7 Å². The number of rotatable bonds is 6. The van der Waals surface area contributed by atoms with Gasteiger partial charge in [0, 0.05) is 17.8 Å². The summed E-state index contributed by atoms with van der Waals surface area (Å²) in [7, 11) is 0. The minimum absolute atomic E-state index is 0.149. The average Bonchev–Trinajstić information content (AvgIpc) is 3.49. The summed E-state index contributed by atoms with van der Waals surface area (Å²) in [6, 6.07) is 4.58. The molecule has 2 fully saturated rings. The first-order chi connectivity index (χ1) is 14.7. The third-order valence-corrected chi connectivity index (χ3v) is 5.75. The number of H-pyrrole nitrogens is 1. The highest BCUT2D eigenvalue weighted by Gasteiger charge is 2.24. The van der Waals surface area contributed by atoms with Crippen molar-refractivity contribution in [2.24, 2.45) is 5.92 Å². The molecule has 3 aromatic rings. The van der Waals surface area contributed by atoms with Crippen LogP contribution in [-0.4, -0.2) is 46.6 Å². The van der Waals surface area contributed by atoms with Crippen LogP contribution in [0.2, 0.25) is 0 Å². The molecular weight excluding hydrogens is 385 g/mol. The molecule has 0 unspecified atom stereocenters. The predicted octanol–water partition coefficient (Wildman–Crippen LogP) is 3.03. The fourth-order valence-corrected chi connectivity index (χ4v) is 3.85. The van der Waals surface area contributed by atoms with Crippen molar-refractivity contribution >= 4 is 16.9 Å². The molecule has 30 heavy (non-hydrogen) atoms.